The lowest BCUT2D eigenvalue weighted by molar-refractivity contribution is -0.143. The molecule has 0 unspecified atom stereocenters. The van der Waals surface area contributed by atoms with Gasteiger partial charge in [-0.3, -0.25) is 0 Å². The number of nitrogens with zero attached hydrogens (tertiary/aromatic N) is 1. The molecule has 2 rings (SSSR count). The molecule has 2 aromatic rings. The van der Waals surface area contributed by atoms with Crippen molar-refractivity contribution in [3.05, 3.63) is 62.6 Å². The molecule has 0 spiro atoms. The van der Waals surface area contributed by atoms with Gasteiger partial charge in [0.1, 0.15) is 0 Å². The van der Waals surface area contributed by atoms with Crippen molar-refractivity contribution in [3.63, 3.8) is 0 Å². The van der Waals surface area contributed by atoms with E-state index < -0.39 is 40.9 Å². The molecular formula is C18H13BrF9N. The average Bonchev–Trinajstić information content (AvgIpc) is 2.54. The molecule has 0 atom stereocenters. The molecule has 0 N–H and O–H groups in total. The maximum absolute atomic E-state index is 13.1. The van der Waals surface area contributed by atoms with Crippen molar-refractivity contribution in [2.45, 2.75) is 32.0 Å². The summed E-state index contributed by atoms with van der Waals surface area (Å²) >= 11 is 3.09. The highest BCUT2D eigenvalue weighted by molar-refractivity contribution is 9.10. The minimum absolute atomic E-state index is 0.0130. The van der Waals surface area contributed by atoms with E-state index in [0.717, 1.165) is 11.0 Å². The van der Waals surface area contributed by atoms with Crippen LogP contribution in [-0.4, -0.2) is 7.05 Å². The van der Waals surface area contributed by atoms with Crippen LogP contribution in [0.3, 0.4) is 0 Å². The van der Waals surface area contributed by atoms with Crippen molar-refractivity contribution in [2.75, 3.05) is 11.9 Å². The first-order valence-corrected chi connectivity index (χ1v) is 8.66. The summed E-state index contributed by atoms with van der Waals surface area (Å²) in [5, 5.41) is 0. The van der Waals surface area contributed by atoms with Gasteiger partial charge in [0.15, 0.2) is 0 Å². The van der Waals surface area contributed by atoms with E-state index in [-0.39, 0.29) is 28.2 Å². The molecule has 1 nitrogen and oxygen atoms in total. The van der Waals surface area contributed by atoms with Crippen LogP contribution in [0.1, 0.15) is 27.8 Å². The van der Waals surface area contributed by atoms with Gasteiger partial charge in [0.2, 0.25) is 0 Å². The lowest BCUT2D eigenvalue weighted by Gasteiger charge is -2.24. The molecule has 0 saturated carbocycles. The summed E-state index contributed by atoms with van der Waals surface area (Å²) in [5.41, 5.74) is -4.41. The summed E-state index contributed by atoms with van der Waals surface area (Å²) in [4.78, 5) is 1.01. The van der Waals surface area contributed by atoms with Crippen LogP contribution >= 0.6 is 15.9 Å². The van der Waals surface area contributed by atoms with Crippen molar-refractivity contribution in [1.29, 1.82) is 0 Å². The second kappa shape index (κ2) is 7.73. The molecular weight excluding hydrogens is 481 g/mol. The van der Waals surface area contributed by atoms with Crippen LogP contribution in [-0.2, 0) is 25.1 Å². The monoisotopic (exact) mass is 493 g/mol. The number of alkyl halides is 9. The molecule has 0 fully saturated rings. The standard InChI is InChI=1S/C18H13BrF9N/c1-9-3-15(19)10(4-14(9)18(26,27)28)8-29(2)13-6-11(16(20,21)22)5-12(7-13)17(23,24)25/h3-7H,8H2,1-2H3. The molecule has 0 aliphatic rings. The van der Waals surface area contributed by atoms with Crippen molar-refractivity contribution < 1.29 is 39.5 Å². The molecule has 11 heteroatoms. The fraction of sp³-hybridized carbons (Fsp3) is 0.333. The van der Waals surface area contributed by atoms with E-state index in [1.54, 1.807) is 0 Å². The maximum atomic E-state index is 13.1. The Bertz CT molecular complexity index is 866. The number of aryl methyl sites for hydroxylation is 1. The summed E-state index contributed by atoms with van der Waals surface area (Å²) < 4.78 is 118. The molecule has 160 valence electrons. The Kier molecular flexibility index (Phi) is 6.23. The Hall–Kier alpha value is -1.91. The van der Waals surface area contributed by atoms with E-state index in [0.29, 0.717) is 12.1 Å². The van der Waals surface area contributed by atoms with Crippen LogP contribution in [0.25, 0.3) is 0 Å². The van der Waals surface area contributed by atoms with Gasteiger partial charge < -0.3 is 4.90 Å². The molecule has 0 bridgehead atoms. The first kappa shape index (κ1) is 23.4. The molecule has 0 saturated heterocycles. The molecule has 0 aliphatic carbocycles. The third-order valence-electron chi connectivity index (χ3n) is 4.12. The van der Waals surface area contributed by atoms with Gasteiger partial charge in [-0.25, -0.2) is 0 Å². The largest absolute Gasteiger partial charge is 0.416 e. The van der Waals surface area contributed by atoms with E-state index in [4.69, 9.17) is 0 Å². The number of rotatable bonds is 3. The van der Waals surface area contributed by atoms with Gasteiger partial charge >= 0.3 is 18.5 Å². The number of hydrogen-bond donors (Lipinski definition) is 0. The zero-order valence-electron chi connectivity index (χ0n) is 14.8. The summed E-state index contributed by atoms with van der Waals surface area (Å²) in [6.45, 7) is 0.881. The molecule has 0 aliphatic heterocycles. The number of anilines is 1. The van der Waals surface area contributed by atoms with E-state index in [2.05, 4.69) is 15.9 Å². The highest BCUT2D eigenvalue weighted by Crippen LogP contribution is 2.39. The predicted octanol–water partition coefficient (Wildman–Crippen LogP) is 7.45. The van der Waals surface area contributed by atoms with Gasteiger partial charge in [0.05, 0.1) is 16.7 Å². The SMILES string of the molecule is Cc1cc(Br)c(CN(C)c2cc(C(F)(F)F)cc(C(F)(F)F)c2)cc1C(F)(F)F. The summed E-state index contributed by atoms with van der Waals surface area (Å²) in [5.74, 6) is 0. The van der Waals surface area contributed by atoms with Crippen molar-refractivity contribution in [2.24, 2.45) is 0 Å². The van der Waals surface area contributed by atoms with Crippen LogP contribution < -0.4 is 4.90 Å². The first-order valence-electron chi connectivity index (χ1n) is 7.87. The van der Waals surface area contributed by atoms with Crippen LogP contribution in [0, 0.1) is 6.92 Å². The van der Waals surface area contributed by atoms with E-state index in [1.807, 2.05) is 0 Å². The number of halogens is 10. The quantitative estimate of drug-likeness (QED) is 0.401. The topological polar surface area (TPSA) is 3.24 Å². The third-order valence-corrected chi connectivity index (χ3v) is 4.86. The summed E-state index contributed by atoms with van der Waals surface area (Å²) in [7, 11) is 1.19. The first-order chi connectivity index (χ1) is 13.0. The molecule has 0 amide bonds. The van der Waals surface area contributed by atoms with Gasteiger partial charge in [-0.1, -0.05) is 15.9 Å². The predicted molar refractivity (Wildman–Crippen MR) is 92.4 cm³/mol. The van der Waals surface area contributed by atoms with E-state index in [1.165, 1.54) is 20.0 Å². The highest BCUT2D eigenvalue weighted by atomic mass is 79.9. The van der Waals surface area contributed by atoms with Gasteiger partial charge in [-0.2, -0.15) is 39.5 Å². The lowest BCUT2D eigenvalue weighted by Crippen LogP contribution is -2.20. The van der Waals surface area contributed by atoms with E-state index >= 15 is 0 Å². The molecule has 0 radical (unpaired) electrons. The van der Waals surface area contributed by atoms with Crippen molar-refractivity contribution in [1.82, 2.24) is 0 Å². The fourth-order valence-corrected chi connectivity index (χ4v) is 3.23. The highest BCUT2D eigenvalue weighted by Gasteiger charge is 2.37. The number of hydrogen-bond acceptors (Lipinski definition) is 1. The normalized spacial score (nSPS) is 13.0. The minimum atomic E-state index is -5.02. The summed E-state index contributed by atoms with van der Waals surface area (Å²) in [6, 6.07) is 3.03. The van der Waals surface area contributed by atoms with E-state index in [9.17, 15) is 39.5 Å². The van der Waals surface area contributed by atoms with Crippen molar-refractivity contribution >= 4 is 21.6 Å². The molecule has 2 aromatic carbocycles. The Morgan fingerprint density at radius 1 is 0.759 bits per heavy atom. The second-order valence-corrected chi connectivity index (χ2v) is 7.23. The lowest BCUT2D eigenvalue weighted by atomic mass is 10.0. The van der Waals surface area contributed by atoms with Gasteiger partial charge in [0, 0.05) is 23.8 Å². The van der Waals surface area contributed by atoms with Crippen LogP contribution in [0.4, 0.5) is 45.2 Å². The Morgan fingerprint density at radius 2 is 1.24 bits per heavy atom. The van der Waals surface area contributed by atoms with Crippen LogP contribution in [0.5, 0.6) is 0 Å². The maximum Gasteiger partial charge on any atom is 0.416 e. The molecule has 0 aromatic heterocycles. The molecule has 0 heterocycles. The number of benzene rings is 2. The Labute approximate surface area is 168 Å². The molecule has 29 heavy (non-hydrogen) atoms. The smallest absolute Gasteiger partial charge is 0.370 e. The Balaban J connectivity index is 2.49. The zero-order chi connectivity index (χ0) is 22.4. The summed E-state index contributed by atoms with van der Waals surface area (Å²) in [6.07, 6.45) is -14.7. The minimum Gasteiger partial charge on any atom is -0.370 e. The fourth-order valence-electron chi connectivity index (χ4n) is 2.65. The average molecular weight is 494 g/mol. The van der Waals surface area contributed by atoms with Gasteiger partial charge in [-0.05, 0) is 48.4 Å². The zero-order valence-corrected chi connectivity index (χ0v) is 16.4. The van der Waals surface area contributed by atoms with Gasteiger partial charge in [0.25, 0.3) is 0 Å². The second-order valence-electron chi connectivity index (χ2n) is 6.38. The van der Waals surface area contributed by atoms with Crippen LogP contribution in [0.2, 0.25) is 0 Å². The Morgan fingerprint density at radius 3 is 1.66 bits per heavy atom. The van der Waals surface area contributed by atoms with Crippen molar-refractivity contribution in [3.8, 4) is 0 Å². The van der Waals surface area contributed by atoms with Gasteiger partial charge in [-0.15, -0.1) is 0 Å². The van der Waals surface area contributed by atoms with Crippen LogP contribution in [0.15, 0.2) is 34.8 Å². The third kappa shape index (κ3) is 5.58.